The van der Waals surface area contributed by atoms with Crippen LogP contribution < -0.4 is 5.73 Å². The first-order valence-corrected chi connectivity index (χ1v) is 9.38. The lowest BCUT2D eigenvalue weighted by atomic mass is 10.1. The number of nitrogens with two attached hydrogens (primary N) is 1. The van der Waals surface area contributed by atoms with Crippen LogP contribution in [0.2, 0.25) is 0 Å². The Morgan fingerprint density at radius 3 is 2.52 bits per heavy atom. The van der Waals surface area contributed by atoms with E-state index in [1.807, 2.05) is 18.3 Å². The van der Waals surface area contributed by atoms with E-state index in [-0.39, 0.29) is 0 Å². The van der Waals surface area contributed by atoms with Crippen molar-refractivity contribution >= 4 is 16.8 Å². The van der Waals surface area contributed by atoms with Crippen molar-refractivity contribution in [3.63, 3.8) is 0 Å². The van der Waals surface area contributed by atoms with Crippen LogP contribution in [0.3, 0.4) is 0 Å². The Labute approximate surface area is 159 Å². The van der Waals surface area contributed by atoms with Gasteiger partial charge in [0.1, 0.15) is 5.52 Å². The molecule has 1 amide bonds. The largest absolute Gasteiger partial charge is 0.366 e. The monoisotopic (exact) mass is 363 g/mol. The standard InChI is InChI=1S/C21H25N5O/c1-24-11-13-25(14-12-24)10-9-16-5-7-18(8-6-16)26-15-17-3-2-4-19(21(22)27)20(17)23-26/h2-8,15H,9-14H2,1H3,(H2,22,27). The molecule has 1 aliphatic heterocycles. The number of benzene rings is 2. The summed E-state index contributed by atoms with van der Waals surface area (Å²) >= 11 is 0. The van der Waals surface area contributed by atoms with E-state index in [9.17, 15) is 4.79 Å². The Hall–Kier alpha value is -2.70. The fraction of sp³-hybridized carbons (Fsp3) is 0.333. The van der Waals surface area contributed by atoms with Crippen molar-refractivity contribution in [3.05, 3.63) is 59.8 Å². The lowest BCUT2D eigenvalue weighted by Crippen LogP contribution is -2.45. The number of amides is 1. The van der Waals surface area contributed by atoms with Crippen molar-refractivity contribution in [2.75, 3.05) is 39.8 Å². The van der Waals surface area contributed by atoms with Gasteiger partial charge < -0.3 is 15.5 Å². The van der Waals surface area contributed by atoms with Gasteiger partial charge in [-0.3, -0.25) is 4.79 Å². The maximum atomic E-state index is 11.6. The van der Waals surface area contributed by atoms with Gasteiger partial charge in [0.25, 0.3) is 5.91 Å². The molecule has 6 heteroatoms. The minimum atomic E-state index is -0.454. The van der Waals surface area contributed by atoms with Crippen LogP contribution in [0, 0.1) is 0 Å². The number of hydrogen-bond donors (Lipinski definition) is 1. The van der Waals surface area contributed by atoms with E-state index in [0.29, 0.717) is 11.1 Å². The van der Waals surface area contributed by atoms with Gasteiger partial charge in [0, 0.05) is 44.3 Å². The van der Waals surface area contributed by atoms with Gasteiger partial charge in [-0.1, -0.05) is 24.3 Å². The number of nitrogens with zero attached hydrogens (tertiary/aromatic N) is 4. The summed E-state index contributed by atoms with van der Waals surface area (Å²) in [6.07, 6.45) is 2.98. The lowest BCUT2D eigenvalue weighted by molar-refractivity contribution is 0.100. The van der Waals surface area contributed by atoms with Crippen LogP contribution in [0.4, 0.5) is 0 Å². The first-order chi connectivity index (χ1) is 13.1. The summed E-state index contributed by atoms with van der Waals surface area (Å²) in [7, 11) is 2.18. The van der Waals surface area contributed by atoms with Crippen LogP contribution in [-0.4, -0.2) is 65.3 Å². The molecule has 27 heavy (non-hydrogen) atoms. The van der Waals surface area contributed by atoms with Crippen LogP contribution in [0.1, 0.15) is 15.9 Å². The predicted molar refractivity (Wildman–Crippen MR) is 107 cm³/mol. The van der Waals surface area contributed by atoms with E-state index < -0.39 is 5.91 Å². The van der Waals surface area contributed by atoms with Crippen molar-refractivity contribution < 1.29 is 4.79 Å². The summed E-state index contributed by atoms with van der Waals surface area (Å²) in [4.78, 5) is 16.5. The van der Waals surface area contributed by atoms with Crippen molar-refractivity contribution in [1.82, 2.24) is 19.6 Å². The Kier molecular flexibility index (Phi) is 4.92. The van der Waals surface area contributed by atoms with E-state index in [2.05, 4.69) is 46.2 Å². The maximum absolute atomic E-state index is 11.6. The van der Waals surface area contributed by atoms with Gasteiger partial charge in [-0.2, -0.15) is 5.10 Å². The molecule has 6 nitrogen and oxygen atoms in total. The molecule has 0 bridgehead atoms. The van der Waals surface area contributed by atoms with Gasteiger partial charge in [-0.25, -0.2) is 4.68 Å². The maximum Gasteiger partial charge on any atom is 0.250 e. The van der Waals surface area contributed by atoms with Crippen molar-refractivity contribution in [2.24, 2.45) is 5.73 Å². The summed E-state index contributed by atoms with van der Waals surface area (Å²) in [6.45, 7) is 5.70. The molecule has 2 N–H and O–H groups in total. The van der Waals surface area contributed by atoms with Gasteiger partial charge >= 0.3 is 0 Å². The summed E-state index contributed by atoms with van der Waals surface area (Å²) < 4.78 is 1.81. The second-order valence-corrected chi connectivity index (χ2v) is 7.24. The number of rotatable bonds is 5. The summed E-state index contributed by atoms with van der Waals surface area (Å²) in [5.41, 5.74) is 8.85. The number of hydrogen-bond acceptors (Lipinski definition) is 4. The van der Waals surface area contributed by atoms with E-state index in [0.717, 1.165) is 50.2 Å². The van der Waals surface area contributed by atoms with Gasteiger partial charge in [0.05, 0.1) is 11.3 Å². The Bertz CT molecular complexity index is 939. The Morgan fingerprint density at radius 1 is 1.07 bits per heavy atom. The molecule has 140 valence electrons. The highest BCUT2D eigenvalue weighted by Gasteiger charge is 2.13. The first kappa shape index (κ1) is 17.7. The van der Waals surface area contributed by atoms with Crippen LogP contribution in [0.25, 0.3) is 16.6 Å². The molecule has 1 saturated heterocycles. The summed E-state index contributed by atoms with van der Waals surface area (Å²) in [6, 6.07) is 14.0. The van der Waals surface area contributed by atoms with Crippen LogP contribution in [-0.2, 0) is 6.42 Å². The average molecular weight is 363 g/mol. The van der Waals surface area contributed by atoms with E-state index in [1.165, 1.54) is 5.56 Å². The lowest BCUT2D eigenvalue weighted by Gasteiger charge is -2.32. The predicted octanol–water partition coefficient (Wildman–Crippen LogP) is 1.91. The molecular weight excluding hydrogens is 338 g/mol. The average Bonchev–Trinajstić information content (AvgIpc) is 3.12. The minimum Gasteiger partial charge on any atom is -0.366 e. The smallest absolute Gasteiger partial charge is 0.250 e. The zero-order valence-electron chi connectivity index (χ0n) is 15.6. The quantitative estimate of drug-likeness (QED) is 0.752. The molecule has 2 heterocycles. The third-order valence-corrected chi connectivity index (χ3v) is 5.32. The molecule has 0 aliphatic carbocycles. The molecule has 0 spiro atoms. The van der Waals surface area contributed by atoms with Crippen molar-refractivity contribution in [2.45, 2.75) is 6.42 Å². The first-order valence-electron chi connectivity index (χ1n) is 9.38. The third-order valence-electron chi connectivity index (χ3n) is 5.32. The minimum absolute atomic E-state index is 0.454. The second-order valence-electron chi connectivity index (χ2n) is 7.24. The van der Waals surface area contributed by atoms with Gasteiger partial charge in [-0.05, 0) is 37.2 Å². The highest BCUT2D eigenvalue weighted by Crippen LogP contribution is 2.19. The number of carbonyl (C=O) groups is 1. The molecule has 1 aromatic heterocycles. The molecule has 0 unspecified atom stereocenters. The molecule has 0 atom stereocenters. The van der Waals surface area contributed by atoms with E-state index >= 15 is 0 Å². The van der Waals surface area contributed by atoms with Crippen LogP contribution >= 0.6 is 0 Å². The number of likely N-dealkylation sites (N-methyl/N-ethyl adjacent to an activating group) is 1. The molecular formula is C21H25N5O. The van der Waals surface area contributed by atoms with Crippen molar-refractivity contribution in [3.8, 4) is 5.69 Å². The zero-order valence-corrected chi connectivity index (χ0v) is 15.6. The fourth-order valence-electron chi connectivity index (χ4n) is 3.55. The summed E-state index contributed by atoms with van der Waals surface area (Å²) in [5.74, 6) is -0.454. The number of primary amides is 1. The van der Waals surface area contributed by atoms with Crippen molar-refractivity contribution in [1.29, 1.82) is 0 Å². The van der Waals surface area contributed by atoms with Crippen LogP contribution in [0.5, 0.6) is 0 Å². The van der Waals surface area contributed by atoms with Gasteiger partial charge in [0.15, 0.2) is 0 Å². The number of carbonyl (C=O) groups excluding carboxylic acids is 1. The SMILES string of the molecule is CN1CCN(CCc2ccc(-n3cc4cccc(C(N)=O)c4n3)cc2)CC1. The molecule has 1 fully saturated rings. The molecule has 1 aliphatic rings. The van der Waals surface area contributed by atoms with Gasteiger partial charge in [0.2, 0.25) is 0 Å². The topological polar surface area (TPSA) is 67.4 Å². The fourth-order valence-corrected chi connectivity index (χ4v) is 3.55. The van der Waals surface area contributed by atoms with E-state index in [4.69, 9.17) is 5.73 Å². The van der Waals surface area contributed by atoms with Crippen LogP contribution in [0.15, 0.2) is 48.7 Å². The molecule has 2 aromatic carbocycles. The summed E-state index contributed by atoms with van der Waals surface area (Å²) in [5, 5.41) is 5.47. The molecule has 3 aromatic rings. The number of aromatic nitrogens is 2. The Morgan fingerprint density at radius 2 is 1.81 bits per heavy atom. The normalized spacial score (nSPS) is 16.0. The van der Waals surface area contributed by atoms with Gasteiger partial charge in [-0.15, -0.1) is 0 Å². The zero-order chi connectivity index (χ0) is 18.8. The third kappa shape index (κ3) is 3.86. The number of fused-ring (bicyclic) bond motifs is 1. The Balaban J connectivity index is 1.47. The molecule has 4 rings (SSSR count). The molecule has 0 radical (unpaired) electrons. The highest BCUT2D eigenvalue weighted by atomic mass is 16.1. The molecule has 0 saturated carbocycles. The highest BCUT2D eigenvalue weighted by molar-refractivity contribution is 6.04. The number of piperazine rings is 1. The second kappa shape index (κ2) is 7.50. The van der Waals surface area contributed by atoms with E-state index in [1.54, 1.807) is 10.7 Å².